The largest absolute Gasteiger partial charge is 0.364 e. The molecule has 1 aromatic rings. The van der Waals surface area contributed by atoms with Gasteiger partial charge < -0.3 is 10.6 Å². The number of rotatable bonds is 7. The Kier molecular flexibility index (Phi) is 6.21. The topological polar surface area (TPSA) is 49.8 Å². The van der Waals surface area contributed by atoms with E-state index in [0.29, 0.717) is 23.7 Å². The first-order chi connectivity index (χ1) is 10.2. The van der Waals surface area contributed by atoms with Crippen molar-refractivity contribution in [1.29, 1.82) is 0 Å². The monoisotopic (exact) mass is 294 g/mol. The smallest absolute Gasteiger partial charge is 0.224 e. The molecular weight excluding hydrogens is 267 g/mol. The van der Waals surface area contributed by atoms with Crippen molar-refractivity contribution in [1.82, 2.24) is 9.97 Å². The Morgan fingerprint density at radius 2 is 2.05 bits per heavy atom. The van der Waals surface area contributed by atoms with Crippen molar-refractivity contribution < 1.29 is 4.39 Å². The van der Waals surface area contributed by atoms with Gasteiger partial charge in [0.15, 0.2) is 11.6 Å². The number of anilines is 2. The predicted octanol–water partition coefficient (Wildman–Crippen LogP) is 4.21. The molecule has 0 saturated heterocycles. The molecule has 1 fully saturated rings. The average Bonchev–Trinajstić information content (AvgIpc) is 2.53. The number of aromatic nitrogens is 2. The van der Waals surface area contributed by atoms with Crippen LogP contribution < -0.4 is 10.6 Å². The third-order valence-electron chi connectivity index (χ3n) is 4.26. The summed E-state index contributed by atoms with van der Waals surface area (Å²) in [6, 6.07) is 0.300. The molecule has 1 aliphatic carbocycles. The van der Waals surface area contributed by atoms with E-state index in [1.54, 1.807) is 0 Å². The summed E-state index contributed by atoms with van der Waals surface area (Å²) in [4.78, 5) is 8.27. The van der Waals surface area contributed by atoms with E-state index >= 15 is 0 Å². The molecule has 2 N–H and O–H groups in total. The maximum Gasteiger partial charge on any atom is 0.224 e. The van der Waals surface area contributed by atoms with Gasteiger partial charge in [0.25, 0.3) is 0 Å². The van der Waals surface area contributed by atoms with E-state index < -0.39 is 0 Å². The number of nitrogens with zero attached hydrogens (tertiary/aromatic N) is 2. The van der Waals surface area contributed by atoms with E-state index in [2.05, 4.69) is 34.4 Å². The van der Waals surface area contributed by atoms with Gasteiger partial charge in [-0.05, 0) is 31.6 Å². The van der Waals surface area contributed by atoms with Gasteiger partial charge in [-0.3, -0.25) is 0 Å². The fraction of sp³-hybridized carbons (Fsp3) is 0.750. The van der Waals surface area contributed by atoms with Crippen molar-refractivity contribution in [2.45, 2.75) is 64.8 Å². The van der Waals surface area contributed by atoms with Gasteiger partial charge in [-0.15, -0.1) is 0 Å². The van der Waals surface area contributed by atoms with Gasteiger partial charge in [0.05, 0.1) is 6.20 Å². The van der Waals surface area contributed by atoms with Crippen molar-refractivity contribution >= 4 is 11.8 Å². The van der Waals surface area contributed by atoms with Gasteiger partial charge in [0.2, 0.25) is 5.95 Å². The fourth-order valence-electron chi connectivity index (χ4n) is 3.06. The Labute approximate surface area is 127 Å². The van der Waals surface area contributed by atoms with Crippen LogP contribution in [0.3, 0.4) is 0 Å². The second-order valence-electron chi connectivity index (χ2n) is 5.87. The van der Waals surface area contributed by atoms with Gasteiger partial charge in [-0.25, -0.2) is 9.37 Å². The number of nitrogens with one attached hydrogen (secondary N) is 2. The SMILES string of the molecule is CCCNc1ncc(F)c(NC(CC)C2CCCCC2)n1. The minimum absolute atomic E-state index is 0.300. The van der Waals surface area contributed by atoms with Crippen molar-refractivity contribution in [2.75, 3.05) is 17.2 Å². The van der Waals surface area contributed by atoms with Crippen molar-refractivity contribution in [2.24, 2.45) is 5.92 Å². The lowest BCUT2D eigenvalue weighted by molar-refractivity contribution is 0.312. The Balaban J connectivity index is 2.04. The van der Waals surface area contributed by atoms with Gasteiger partial charge in [-0.2, -0.15) is 4.98 Å². The van der Waals surface area contributed by atoms with Gasteiger partial charge >= 0.3 is 0 Å². The Morgan fingerprint density at radius 3 is 2.71 bits per heavy atom. The molecule has 0 aliphatic heterocycles. The molecule has 21 heavy (non-hydrogen) atoms. The lowest BCUT2D eigenvalue weighted by Gasteiger charge is -2.30. The Bertz CT molecular complexity index is 432. The zero-order valence-electron chi connectivity index (χ0n) is 13.2. The van der Waals surface area contributed by atoms with E-state index in [0.717, 1.165) is 19.4 Å². The van der Waals surface area contributed by atoms with Crippen LogP contribution in [0.5, 0.6) is 0 Å². The zero-order valence-corrected chi connectivity index (χ0v) is 13.2. The first kappa shape index (κ1) is 16.0. The molecule has 1 aromatic heterocycles. The number of hydrogen-bond acceptors (Lipinski definition) is 4. The third-order valence-corrected chi connectivity index (χ3v) is 4.26. The van der Waals surface area contributed by atoms with E-state index in [4.69, 9.17) is 0 Å². The molecule has 1 saturated carbocycles. The Hall–Kier alpha value is -1.39. The summed E-state index contributed by atoms with van der Waals surface area (Å²) < 4.78 is 13.9. The van der Waals surface area contributed by atoms with Crippen LogP contribution in [0.15, 0.2) is 6.20 Å². The summed E-state index contributed by atoms with van der Waals surface area (Å²) in [5.74, 6) is 1.09. The molecule has 0 radical (unpaired) electrons. The molecule has 118 valence electrons. The average molecular weight is 294 g/mol. The van der Waals surface area contributed by atoms with Crippen LogP contribution in [-0.4, -0.2) is 22.6 Å². The van der Waals surface area contributed by atoms with Crippen LogP contribution in [0.1, 0.15) is 58.8 Å². The summed E-state index contributed by atoms with van der Waals surface area (Å²) >= 11 is 0. The lowest BCUT2D eigenvalue weighted by atomic mass is 9.83. The normalized spacial score (nSPS) is 17.5. The van der Waals surface area contributed by atoms with Crippen LogP contribution in [0, 0.1) is 11.7 Å². The minimum Gasteiger partial charge on any atom is -0.364 e. The standard InChI is InChI=1S/C16H27FN4/c1-3-10-18-16-19-11-13(17)15(21-16)20-14(4-2)12-8-6-5-7-9-12/h11-12,14H,3-10H2,1-2H3,(H2,18,19,20,21). The van der Waals surface area contributed by atoms with Gasteiger partial charge in [0.1, 0.15) is 0 Å². The Morgan fingerprint density at radius 1 is 1.29 bits per heavy atom. The third kappa shape index (κ3) is 4.55. The summed E-state index contributed by atoms with van der Waals surface area (Å²) in [6.07, 6.45) is 9.62. The molecule has 0 aromatic carbocycles. The van der Waals surface area contributed by atoms with Crippen LogP contribution in [0.2, 0.25) is 0 Å². The van der Waals surface area contributed by atoms with Crippen molar-refractivity contribution in [3.8, 4) is 0 Å². The highest BCUT2D eigenvalue weighted by Gasteiger charge is 2.23. The summed E-state index contributed by atoms with van der Waals surface area (Å²) in [6.45, 7) is 5.03. The number of halogens is 1. The molecule has 1 heterocycles. The summed E-state index contributed by atoms with van der Waals surface area (Å²) in [7, 11) is 0. The van der Waals surface area contributed by atoms with Crippen LogP contribution in [-0.2, 0) is 0 Å². The molecular formula is C16H27FN4. The maximum atomic E-state index is 13.9. The molecule has 0 amide bonds. The second-order valence-corrected chi connectivity index (χ2v) is 5.87. The molecule has 1 unspecified atom stereocenters. The molecule has 2 rings (SSSR count). The van der Waals surface area contributed by atoms with Crippen molar-refractivity contribution in [3.05, 3.63) is 12.0 Å². The zero-order chi connectivity index (χ0) is 15.1. The van der Waals surface area contributed by atoms with E-state index in [1.165, 1.54) is 38.3 Å². The maximum absolute atomic E-state index is 13.9. The molecule has 0 spiro atoms. The second kappa shape index (κ2) is 8.15. The van der Waals surface area contributed by atoms with Gasteiger partial charge in [-0.1, -0.05) is 33.1 Å². The first-order valence-electron chi connectivity index (χ1n) is 8.27. The fourth-order valence-corrected chi connectivity index (χ4v) is 3.06. The first-order valence-corrected chi connectivity index (χ1v) is 8.27. The lowest BCUT2D eigenvalue weighted by Crippen LogP contribution is -2.31. The van der Waals surface area contributed by atoms with Crippen LogP contribution in [0.4, 0.5) is 16.2 Å². The quantitative estimate of drug-likeness (QED) is 0.791. The molecule has 1 atom stereocenters. The summed E-state index contributed by atoms with van der Waals surface area (Å²) in [5, 5.41) is 6.42. The van der Waals surface area contributed by atoms with E-state index in [-0.39, 0.29) is 5.82 Å². The molecule has 1 aliphatic rings. The highest BCUT2D eigenvalue weighted by atomic mass is 19.1. The van der Waals surface area contributed by atoms with Crippen molar-refractivity contribution in [3.63, 3.8) is 0 Å². The molecule has 0 bridgehead atoms. The minimum atomic E-state index is -0.369. The highest BCUT2D eigenvalue weighted by Crippen LogP contribution is 2.29. The highest BCUT2D eigenvalue weighted by molar-refractivity contribution is 5.42. The molecule has 5 heteroatoms. The van der Waals surface area contributed by atoms with Crippen LogP contribution in [0.25, 0.3) is 0 Å². The predicted molar refractivity (Wildman–Crippen MR) is 85.0 cm³/mol. The van der Waals surface area contributed by atoms with E-state index in [1.807, 2.05) is 0 Å². The van der Waals surface area contributed by atoms with Gasteiger partial charge in [0, 0.05) is 12.6 Å². The summed E-state index contributed by atoms with van der Waals surface area (Å²) in [5.41, 5.74) is 0. The van der Waals surface area contributed by atoms with E-state index in [9.17, 15) is 4.39 Å². The van der Waals surface area contributed by atoms with Crippen LogP contribution >= 0.6 is 0 Å². The number of hydrogen-bond donors (Lipinski definition) is 2. The molecule has 4 nitrogen and oxygen atoms in total.